The molecule has 1 unspecified atom stereocenters. The largest absolute Gasteiger partial charge is 0.337 e. The standard InChI is InChI=1S/C11H14N4OS/c1-2-11(4-3-5-13-11)10-14-9(15-16-10)8-6-12-7-17-8/h6-7,13H,2-5H2,1H3. The number of nitrogens with zero attached hydrogens (tertiary/aromatic N) is 3. The van der Waals surface area contributed by atoms with Crippen LogP contribution < -0.4 is 5.32 Å². The van der Waals surface area contributed by atoms with Crippen LogP contribution in [-0.2, 0) is 5.54 Å². The second-order valence-electron chi connectivity index (χ2n) is 4.25. The Bertz CT molecular complexity index is 487. The second-order valence-corrected chi connectivity index (χ2v) is 5.14. The molecule has 1 N–H and O–H groups in total. The van der Waals surface area contributed by atoms with Crippen LogP contribution in [0.1, 0.15) is 32.1 Å². The lowest BCUT2D eigenvalue weighted by molar-refractivity contribution is 0.250. The van der Waals surface area contributed by atoms with Crippen molar-refractivity contribution in [3.8, 4) is 10.7 Å². The Labute approximate surface area is 103 Å². The molecule has 0 aromatic carbocycles. The van der Waals surface area contributed by atoms with E-state index < -0.39 is 0 Å². The number of hydrogen-bond acceptors (Lipinski definition) is 6. The highest BCUT2D eigenvalue weighted by molar-refractivity contribution is 7.13. The molecule has 0 bridgehead atoms. The SMILES string of the molecule is CCC1(c2nc(-c3cncs3)no2)CCCN1. The molecule has 1 aliphatic heterocycles. The highest BCUT2D eigenvalue weighted by atomic mass is 32.1. The molecule has 5 nitrogen and oxygen atoms in total. The van der Waals surface area contributed by atoms with Gasteiger partial charge < -0.3 is 9.84 Å². The van der Waals surface area contributed by atoms with E-state index in [2.05, 4.69) is 27.4 Å². The summed E-state index contributed by atoms with van der Waals surface area (Å²) in [5, 5.41) is 7.53. The van der Waals surface area contributed by atoms with Gasteiger partial charge in [-0.3, -0.25) is 4.98 Å². The molecule has 0 amide bonds. The molecular weight excluding hydrogens is 236 g/mol. The monoisotopic (exact) mass is 250 g/mol. The average molecular weight is 250 g/mol. The third-order valence-corrected chi connectivity index (χ3v) is 4.10. The molecule has 0 spiro atoms. The van der Waals surface area contributed by atoms with Crippen molar-refractivity contribution >= 4 is 11.3 Å². The Morgan fingerprint density at radius 3 is 3.18 bits per heavy atom. The van der Waals surface area contributed by atoms with Crippen LogP contribution in [0.15, 0.2) is 16.2 Å². The van der Waals surface area contributed by atoms with Crippen LogP contribution in [0.5, 0.6) is 0 Å². The lowest BCUT2D eigenvalue weighted by Gasteiger charge is -2.22. The molecule has 3 heterocycles. The zero-order valence-electron chi connectivity index (χ0n) is 9.64. The second kappa shape index (κ2) is 4.19. The van der Waals surface area contributed by atoms with Gasteiger partial charge in [-0.05, 0) is 25.8 Å². The fourth-order valence-corrected chi connectivity index (χ4v) is 2.83. The van der Waals surface area contributed by atoms with Crippen molar-refractivity contribution < 1.29 is 4.52 Å². The predicted octanol–water partition coefficient (Wildman–Crippen LogP) is 2.18. The molecule has 0 saturated carbocycles. The van der Waals surface area contributed by atoms with Crippen molar-refractivity contribution in [1.29, 1.82) is 0 Å². The molecule has 6 heteroatoms. The van der Waals surface area contributed by atoms with Gasteiger partial charge in [-0.15, -0.1) is 11.3 Å². The molecular formula is C11H14N4OS. The van der Waals surface area contributed by atoms with Crippen molar-refractivity contribution in [2.45, 2.75) is 31.7 Å². The summed E-state index contributed by atoms with van der Waals surface area (Å²) in [5.41, 5.74) is 1.66. The topological polar surface area (TPSA) is 63.8 Å². The van der Waals surface area contributed by atoms with E-state index in [-0.39, 0.29) is 5.54 Å². The van der Waals surface area contributed by atoms with Gasteiger partial charge in [0.2, 0.25) is 11.7 Å². The first kappa shape index (κ1) is 10.9. The fraction of sp³-hybridized carbons (Fsp3) is 0.545. The summed E-state index contributed by atoms with van der Waals surface area (Å²) in [6.45, 7) is 3.17. The van der Waals surface area contributed by atoms with Crippen molar-refractivity contribution in [2.75, 3.05) is 6.54 Å². The van der Waals surface area contributed by atoms with Crippen LogP contribution >= 0.6 is 11.3 Å². The van der Waals surface area contributed by atoms with Gasteiger partial charge >= 0.3 is 0 Å². The van der Waals surface area contributed by atoms with Gasteiger partial charge in [0, 0.05) is 6.20 Å². The summed E-state index contributed by atoms with van der Waals surface area (Å²) in [5.74, 6) is 1.35. The smallest absolute Gasteiger partial charge is 0.247 e. The van der Waals surface area contributed by atoms with Crippen molar-refractivity contribution in [2.24, 2.45) is 0 Å². The van der Waals surface area contributed by atoms with E-state index in [1.54, 1.807) is 11.7 Å². The summed E-state index contributed by atoms with van der Waals surface area (Å²) < 4.78 is 5.42. The fourth-order valence-electron chi connectivity index (χ4n) is 2.29. The van der Waals surface area contributed by atoms with Gasteiger partial charge in [0.05, 0.1) is 15.9 Å². The van der Waals surface area contributed by atoms with Crippen molar-refractivity contribution in [3.63, 3.8) is 0 Å². The molecule has 0 radical (unpaired) electrons. The zero-order valence-corrected chi connectivity index (χ0v) is 10.5. The number of aromatic nitrogens is 3. The highest BCUT2D eigenvalue weighted by Crippen LogP contribution is 2.34. The van der Waals surface area contributed by atoms with Gasteiger partial charge in [0.15, 0.2) is 0 Å². The van der Waals surface area contributed by atoms with E-state index in [0.29, 0.717) is 11.7 Å². The molecule has 2 aromatic rings. The quantitative estimate of drug-likeness (QED) is 0.904. The average Bonchev–Trinajstić information content (AvgIpc) is 3.10. The summed E-state index contributed by atoms with van der Waals surface area (Å²) in [6, 6.07) is 0. The van der Waals surface area contributed by atoms with Crippen LogP contribution in [-0.4, -0.2) is 21.7 Å². The Kier molecular flexibility index (Phi) is 2.68. The van der Waals surface area contributed by atoms with E-state index in [0.717, 1.165) is 30.7 Å². The van der Waals surface area contributed by atoms with Crippen LogP contribution in [0.2, 0.25) is 0 Å². The molecule has 1 saturated heterocycles. The lowest BCUT2D eigenvalue weighted by atomic mass is 9.94. The summed E-state index contributed by atoms with van der Waals surface area (Å²) in [6.07, 6.45) is 4.96. The van der Waals surface area contributed by atoms with Gasteiger partial charge in [0.1, 0.15) is 0 Å². The van der Waals surface area contributed by atoms with E-state index in [1.807, 2.05) is 0 Å². The summed E-state index contributed by atoms with van der Waals surface area (Å²) >= 11 is 1.52. The van der Waals surface area contributed by atoms with E-state index >= 15 is 0 Å². The normalized spacial score (nSPS) is 24.3. The maximum Gasteiger partial charge on any atom is 0.247 e. The summed E-state index contributed by atoms with van der Waals surface area (Å²) in [4.78, 5) is 9.48. The minimum absolute atomic E-state index is 0.115. The van der Waals surface area contributed by atoms with E-state index in [4.69, 9.17) is 4.52 Å². The Morgan fingerprint density at radius 2 is 2.53 bits per heavy atom. The van der Waals surface area contributed by atoms with Gasteiger partial charge in [-0.1, -0.05) is 12.1 Å². The molecule has 1 atom stereocenters. The third-order valence-electron chi connectivity index (χ3n) is 3.34. The Morgan fingerprint density at radius 1 is 1.59 bits per heavy atom. The zero-order chi connectivity index (χ0) is 11.7. The maximum absolute atomic E-state index is 5.42. The number of nitrogens with one attached hydrogen (secondary N) is 1. The van der Waals surface area contributed by atoms with Crippen LogP contribution in [0.25, 0.3) is 10.7 Å². The molecule has 1 aliphatic rings. The minimum Gasteiger partial charge on any atom is -0.337 e. The minimum atomic E-state index is -0.115. The number of rotatable bonds is 3. The van der Waals surface area contributed by atoms with E-state index in [9.17, 15) is 0 Å². The van der Waals surface area contributed by atoms with Crippen molar-refractivity contribution in [3.05, 3.63) is 17.6 Å². The number of thiazole rings is 1. The molecule has 17 heavy (non-hydrogen) atoms. The third kappa shape index (κ3) is 1.77. The maximum atomic E-state index is 5.42. The number of hydrogen-bond donors (Lipinski definition) is 1. The molecule has 90 valence electrons. The first-order valence-corrected chi connectivity index (χ1v) is 6.70. The molecule has 0 aliphatic carbocycles. The molecule has 2 aromatic heterocycles. The molecule has 3 rings (SSSR count). The van der Waals surface area contributed by atoms with Crippen LogP contribution in [0.3, 0.4) is 0 Å². The Hall–Kier alpha value is -1.27. The van der Waals surface area contributed by atoms with Crippen LogP contribution in [0.4, 0.5) is 0 Å². The van der Waals surface area contributed by atoms with Crippen molar-refractivity contribution in [1.82, 2.24) is 20.4 Å². The van der Waals surface area contributed by atoms with E-state index in [1.165, 1.54) is 11.3 Å². The van der Waals surface area contributed by atoms with Gasteiger partial charge in [-0.2, -0.15) is 4.98 Å². The Balaban J connectivity index is 1.94. The molecule has 1 fully saturated rings. The lowest BCUT2D eigenvalue weighted by Crippen LogP contribution is -2.36. The van der Waals surface area contributed by atoms with Gasteiger partial charge in [0.25, 0.3) is 0 Å². The highest BCUT2D eigenvalue weighted by Gasteiger charge is 2.39. The van der Waals surface area contributed by atoms with Gasteiger partial charge in [-0.25, -0.2) is 0 Å². The van der Waals surface area contributed by atoms with Crippen LogP contribution in [0, 0.1) is 0 Å². The first-order chi connectivity index (χ1) is 8.34. The summed E-state index contributed by atoms with van der Waals surface area (Å²) in [7, 11) is 0. The predicted molar refractivity (Wildman–Crippen MR) is 64.6 cm³/mol. The first-order valence-electron chi connectivity index (χ1n) is 5.82.